The molecule has 9 heteroatoms. The molecule has 0 spiro atoms. The van der Waals surface area contributed by atoms with E-state index in [9.17, 15) is 14.9 Å². The first-order valence-corrected chi connectivity index (χ1v) is 16.3. The Labute approximate surface area is 260 Å². The largest absolute Gasteiger partial charge is 0.353 e. The first-order chi connectivity index (χ1) is 21.5. The van der Waals surface area contributed by atoms with Gasteiger partial charge in [-0.05, 0) is 44.6 Å². The van der Waals surface area contributed by atoms with Crippen molar-refractivity contribution in [3.05, 3.63) is 87.9 Å². The zero-order chi connectivity index (χ0) is 30.5. The van der Waals surface area contributed by atoms with Gasteiger partial charge in [-0.25, -0.2) is 4.98 Å². The first kappa shape index (κ1) is 30.1. The summed E-state index contributed by atoms with van der Waals surface area (Å²) in [4.78, 5) is 37.3. The van der Waals surface area contributed by atoms with Crippen LogP contribution in [0, 0.1) is 16.0 Å². The van der Waals surface area contributed by atoms with Crippen molar-refractivity contribution in [2.45, 2.75) is 64.5 Å². The number of carbonyl (C=O) groups excluding carboxylic acids is 1. The first-order valence-electron chi connectivity index (χ1n) is 16.3. The molecule has 232 valence electrons. The number of rotatable bonds is 9. The number of likely N-dealkylation sites (tertiary alicyclic amines) is 1. The number of nitro groups is 1. The molecule has 0 unspecified atom stereocenters. The predicted octanol–water partition coefficient (Wildman–Crippen LogP) is 5.89. The molecule has 1 N–H and O–H groups in total. The van der Waals surface area contributed by atoms with E-state index in [-0.39, 0.29) is 16.9 Å². The zero-order valence-corrected chi connectivity index (χ0v) is 25.8. The van der Waals surface area contributed by atoms with Crippen LogP contribution >= 0.6 is 0 Å². The Morgan fingerprint density at radius 2 is 1.59 bits per heavy atom. The number of fused-ring (bicyclic) bond motifs is 1. The molecule has 1 saturated carbocycles. The molecule has 1 atom stereocenters. The molecular weight excluding hydrogens is 552 g/mol. The van der Waals surface area contributed by atoms with Crippen LogP contribution in [0.2, 0.25) is 0 Å². The van der Waals surface area contributed by atoms with E-state index in [0.717, 1.165) is 85.4 Å². The third-order valence-electron chi connectivity index (χ3n) is 9.71. The highest BCUT2D eigenvalue weighted by molar-refractivity contribution is 6.09. The van der Waals surface area contributed by atoms with Crippen molar-refractivity contribution in [3.8, 4) is 11.3 Å². The van der Waals surface area contributed by atoms with Gasteiger partial charge in [0.1, 0.15) is 0 Å². The summed E-state index contributed by atoms with van der Waals surface area (Å²) in [5.74, 6) is 1.20. The fourth-order valence-corrected chi connectivity index (χ4v) is 7.29. The van der Waals surface area contributed by atoms with Gasteiger partial charge in [0.05, 0.1) is 21.7 Å². The van der Waals surface area contributed by atoms with E-state index < -0.39 is 0 Å². The molecule has 9 nitrogen and oxygen atoms in total. The van der Waals surface area contributed by atoms with Gasteiger partial charge in [0.15, 0.2) is 5.82 Å². The molecule has 2 aliphatic heterocycles. The maximum absolute atomic E-state index is 14.3. The highest BCUT2D eigenvalue weighted by Crippen LogP contribution is 2.33. The van der Waals surface area contributed by atoms with E-state index in [2.05, 4.69) is 39.1 Å². The minimum Gasteiger partial charge on any atom is -0.353 e. The molecule has 1 aliphatic carbocycles. The summed E-state index contributed by atoms with van der Waals surface area (Å²) in [5.41, 5.74) is 4.30. The second-order valence-electron chi connectivity index (χ2n) is 12.6. The second kappa shape index (κ2) is 13.8. The van der Waals surface area contributed by atoms with Crippen LogP contribution in [0.25, 0.3) is 22.2 Å². The smallest absolute Gasteiger partial charge is 0.274 e. The number of para-hydroxylation sites is 1. The summed E-state index contributed by atoms with van der Waals surface area (Å²) in [5, 5.41) is 15.8. The van der Waals surface area contributed by atoms with E-state index in [1.807, 2.05) is 42.5 Å². The van der Waals surface area contributed by atoms with Gasteiger partial charge in [-0.2, -0.15) is 0 Å². The van der Waals surface area contributed by atoms with E-state index >= 15 is 0 Å². The topological polar surface area (TPSA) is 94.8 Å². The number of hydrogen-bond acceptors (Lipinski definition) is 7. The minimum atomic E-state index is -0.327. The maximum Gasteiger partial charge on any atom is 0.274 e. The number of benzene rings is 2. The lowest BCUT2D eigenvalue weighted by Crippen LogP contribution is -2.48. The standard InChI is InChI=1S/C35H44N6O3/c1-26(27-12-4-2-5-13-27)36-35(42)33-29-16-8-9-17-31(29)37-34(28-14-6-3-7-15-28)30(33)24-38-20-22-40(23-21-38)32(25-41(43)44)39-18-10-11-19-39/h3,6-9,14-17,25-27H,2,4-5,10-13,18-24H2,1H3,(H,36,42)/t26-/m0/s1. The molecule has 2 aromatic carbocycles. The summed E-state index contributed by atoms with van der Waals surface area (Å²) in [6.07, 6.45) is 9.38. The number of nitrogens with zero attached hydrogens (tertiary/aromatic N) is 5. The third kappa shape index (κ3) is 6.73. The van der Waals surface area contributed by atoms with E-state index in [0.29, 0.717) is 31.1 Å². The number of piperazine rings is 1. The highest BCUT2D eigenvalue weighted by Gasteiger charge is 2.30. The number of hydrogen-bond donors (Lipinski definition) is 1. The predicted molar refractivity (Wildman–Crippen MR) is 173 cm³/mol. The number of aromatic nitrogens is 1. The summed E-state index contributed by atoms with van der Waals surface area (Å²) in [6.45, 7) is 7.32. The quantitative estimate of drug-likeness (QED) is 0.243. The SMILES string of the molecule is C[C@H](NC(=O)c1c(CN2CCN(C(=C[N+](=O)[O-])N3CCCC3)CC2)c(-c2ccccc2)nc2ccccc12)C1CCCCC1. The van der Waals surface area contributed by atoms with Crippen molar-refractivity contribution in [1.29, 1.82) is 0 Å². The fraction of sp³-hybridized carbons (Fsp3) is 0.486. The molecule has 0 bridgehead atoms. The van der Waals surface area contributed by atoms with Crippen molar-refractivity contribution >= 4 is 16.8 Å². The van der Waals surface area contributed by atoms with Crippen LogP contribution in [0.3, 0.4) is 0 Å². The van der Waals surface area contributed by atoms with Crippen molar-refractivity contribution in [2.24, 2.45) is 5.92 Å². The van der Waals surface area contributed by atoms with E-state index in [1.165, 1.54) is 25.5 Å². The fourth-order valence-electron chi connectivity index (χ4n) is 7.29. The number of nitrogens with one attached hydrogen (secondary N) is 1. The van der Waals surface area contributed by atoms with Crippen LogP contribution in [-0.2, 0) is 6.54 Å². The average molecular weight is 597 g/mol. The van der Waals surface area contributed by atoms with Gasteiger partial charge >= 0.3 is 0 Å². The molecular formula is C35H44N6O3. The molecule has 3 aromatic rings. The minimum absolute atomic E-state index is 0.0299. The average Bonchev–Trinajstić information content (AvgIpc) is 3.59. The van der Waals surface area contributed by atoms with Crippen LogP contribution in [0.15, 0.2) is 66.6 Å². The van der Waals surface area contributed by atoms with Crippen molar-refractivity contribution in [3.63, 3.8) is 0 Å². The maximum atomic E-state index is 14.3. The summed E-state index contributed by atoms with van der Waals surface area (Å²) < 4.78 is 0. The Bertz CT molecular complexity index is 1490. The Hall–Kier alpha value is -3.98. The molecule has 1 amide bonds. The number of carbonyl (C=O) groups is 1. The summed E-state index contributed by atoms with van der Waals surface area (Å²) in [6, 6.07) is 18.2. The van der Waals surface area contributed by atoms with Crippen molar-refractivity contribution in [1.82, 2.24) is 25.0 Å². The molecule has 0 radical (unpaired) electrons. The molecule has 3 fully saturated rings. The van der Waals surface area contributed by atoms with Crippen LogP contribution in [-0.4, -0.2) is 75.8 Å². The van der Waals surface area contributed by atoms with Gasteiger partial charge in [-0.15, -0.1) is 0 Å². The lowest BCUT2D eigenvalue weighted by Gasteiger charge is -2.39. The van der Waals surface area contributed by atoms with Crippen LogP contribution < -0.4 is 5.32 Å². The molecule has 6 rings (SSSR count). The van der Waals surface area contributed by atoms with E-state index in [4.69, 9.17) is 4.98 Å². The molecule has 1 aromatic heterocycles. The van der Waals surface area contributed by atoms with Gasteiger partial charge in [-0.3, -0.25) is 19.8 Å². The van der Waals surface area contributed by atoms with Gasteiger partial charge in [0.25, 0.3) is 12.1 Å². The lowest BCUT2D eigenvalue weighted by atomic mass is 9.84. The summed E-state index contributed by atoms with van der Waals surface area (Å²) >= 11 is 0. The van der Waals surface area contributed by atoms with Crippen LogP contribution in [0.5, 0.6) is 0 Å². The normalized spacial score (nSPS) is 19.3. The number of amides is 1. The van der Waals surface area contributed by atoms with Crippen molar-refractivity contribution in [2.75, 3.05) is 39.3 Å². The summed E-state index contributed by atoms with van der Waals surface area (Å²) in [7, 11) is 0. The van der Waals surface area contributed by atoms with Gasteiger partial charge in [-0.1, -0.05) is 67.8 Å². The Kier molecular flexibility index (Phi) is 9.40. The Morgan fingerprint density at radius 3 is 2.30 bits per heavy atom. The molecule has 3 aliphatic rings. The molecule has 3 heterocycles. The van der Waals surface area contributed by atoms with Crippen molar-refractivity contribution < 1.29 is 9.72 Å². The number of pyridine rings is 1. The van der Waals surface area contributed by atoms with Crippen LogP contribution in [0.4, 0.5) is 0 Å². The second-order valence-corrected chi connectivity index (χ2v) is 12.6. The Balaban J connectivity index is 1.32. The molecule has 44 heavy (non-hydrogen) atoms. The van der Waals surface area contributed by atoms with Crippen LogP contribution in [0.1, 0.15) is 67.8 Å². The third-order valence-corrected chi connectivity index (χ3v) is 9.71. The monoisotopic (exact) mass is 596 g/mol. The van der Waals surface area contributed by atoms with Gasteiger partial charge in [0.2, 0.25) is 0 Å². The zero-order valence-electron chi connectivity index (χ0n) is 25.8. The van der Waals surface area contributed by atoms with Gasteiger partial charge in [0, 0.05) is 68.4 Å². The Morgan fingerprint density at radius 1 is 0.932 bits per heavy atom. The highest BCUT2D eigenvalue weighted by atomic mass is 16.6. The van der Waals surface area contributed by atoms with E-state index in [1.54, 1.807) is 0 Å². The lowest BCUT2D eigenvalue weighted by molar-refractivity contribution is -0.405. The molecule has 2 saturated heterocycles. The van der Waals surface area contributed by atoms with Gasteiger partial charge < -0.3 is 15.1 Å².